The van der Waals surface area contributed by atoms with Gasteiger partial charge in [-0.25, -0.2) is 9.78 Å². The second kappa shape index (κ2) is 6.68. The molecule has 1 aliphatic heterocycles. The van der Waals surface area contributed by atoms with Crippen molar-refractivity contribution < 1.29 is 23.4 Å². The van der Waals surface area contributed by atoms with E-state index < -0.39 is 5.97 Å². The van der Waals surface area contributed by atoms with Crippen molar-refractivity contribution in [3.05, 3.63) is 66.2 Å². The van der Waals surface area contributed by atoms with Crippen LogP contribution >= 0.6 is 0 Å². The van der Waals surface area contributed by atoms with Crippen molar-refractivity contribution in [2.24, 2.45) is 0 Å². The molecule has 0 atom stereocenters. The molecule has 25 heavy (non-hydrogen) atoms. The molecule has 0 aliphatic carbocycles. The summed E-state index contributed by atoms with van der Waals surface area (Å²) >= 11 is 0. The summed E-state index contributed by atoms with van der Waals surface area (Å²) in [5.41, 5.74) is 1.30. The normalized spacial score (nSPS) is 12.6. The van der Waals surface area contributed by atoms with Crippen molar-refractivity contribution in [2.45, 2.75) is 6.61 Å². The van der Waals surface area contributed by atoms with E-state index in [1.165, 1.54) is 0 Å². The number of carbonyl (C=O) groups is 1. The van der Waals surface area contributed by atoms with Crippen molar-refractivity contribution in [1.82, 2.24) is 4.98 Å². The number of aromatic nitrogens is 1. The average molecular weight is 337 g/mol. The lowest BCUT2D eigenvalue weighted by atomic mass is 10.2. The first-order chi connectivity index (χ1) is 12.3. The number of fused-ring (bicyclic) bond motifs is 1. The van der Waals surface area contributed by atoms with E-state index >= 15 is 0 Å². The molecule has 4 rings (SSSR count). The predicted molar refractivity (Wildman–Crippen MR) is 88.5 cm³/mol. The molecule has 2 heterocycles. The van der Waals surface area contributed by atoms with Gasteiger partial charge < -0.3 is 18.6 Å². The number of esters is 1. The van der Waals surface area contributed by atoms with Crippen LogP contribution < -0.4 is 9.47 Å². The molecule has 1 aliphatic rings. The van der Waals surface area contributed by atoms with Gasteiger partial charge in [0.05, 0.1) is 11.8 Å². The van der Waals surface area contributed by atoms with Gasteiger partial charge in [-0.2, -0.15) is 0 Å². The second-order valence-electron chi connectivity index (χ2n) is 5.42. The summed E-state index contributed by atoms with van der Waals surface area (Å²) in [6.07, 6.45) is 1.61. The number of benzene rings is 2. The molecule has 0 fully saturated rings. The highest BCUT2D eigenvalue weighted by molar-refractivity contribution is 5.90. The predicted octanol–water partition coefficient (Wildman–Crippen LogP) is 3.47. The molecule has 0 saturated heterocycles. The fraction of sp³-hybridized carbons (Fsp3) is 0.158. The van der Waals surface area contributed by atoms with E-state index in [9.17, 15) is 4.79 Å². The van der Waals surface area contributed by atoms with Gasteiger partial charge in [0.25, 0.3) is 0 Å². The van der Waals surface area contributed by atoms with E-state index in [-0.39, 0.29) is 6.61 Å². The number of hydrogen-bond acceptors (Lipinski definition) is 6. The number of rotatable bonds is 4. The highest BCUT2D eigenvalue weighted by Crippen LogP contribution is 2.31. The molecule has 6 heteroatoms. The van der Waals surface area contributed by atoms with Gasteiger partial charge in [0.2, 0.25) is 5.89 Å². The SMILES string of the molecule is O=C(OCc1ncc(-c2ccccc2)o1)c1ccc2c(c1)OCCO2. The molecule has 0 spiro atoms. The van der Waals surface area contributed by atoms with Crippen LogP contribution in [0.5, 0.6) is 11.5 Å². The molecule has 0 bridgehead atoms. The Balaban J connectivity index is 1.41. The maximum absolute atomic E-state index is 12.2. The second-order valence-corrected chi connectivity index (χ2v) is 5.42. The summed E-state index contributed by atoms with van der Waals surface area (Å²) in [5.74, 6) is 1.67. The molecule has 1 aromatic heterocycles. The first kappa shape index (κ1) is 15.3. The van der Waals surface area contributed by atoms with Crippen LogP contribution in [0.1, 0.15) is 16.2 Å². The van der Waals surface area contributed by atoms with Crippen LogP contribution in [-0.4, -0.2) is 24.2 Å². The molecule has 0 N–H and O–H groups in total. The molecule has 126 valence electrons. The van der Waals surface area contributed by atoms with E-state index in [0.29, 0.717) is 41.9 Å². The molecule has 0 saturated carbocycles. The van der Waals surface area contributed by atoms with Gasteiger partial charge in [0.15, 0.2) is 23.9 Å². The van der Waals surface area contributed by atoms with Gasteiger partial charge in [-0.1, -0.05) is 30.3 Å². The molecular formula is C19H15NO5. The first-order valence-corrected chi connectivity index (χ1v) is 7.86. The van der Waals surface area contributed by atoms with Crippen molar-refractivity contribution in [3.63, 3.8) is 0 Å². The fourth-order valence-corrected chi connectivity index (χ4v) is 2.49. The Morgan fingerprint density at radius 1 is 1.04 bits per heavy atom. The minimum Gasteiger partial charge on any atom is -0.486 e. The number of nitrogens with zero attached hydrogens (tertiary/aromatic N) is 1. The van der Waals surface area contributed by atoms with E-state index in [1.807, 2.05) is 30.3 Å². The highest BCUT2D eigenvalue weighted by Gasteiger charge is 2.16. The summed E-state index contributed by atoms with van der Waals surface area (Å²) in [6, 6.07) is 14.6. The Morgan fingerprint density at radius 3 is 2.68 bits per heavy atom. The number of carbonyl (C=O) groups excluding carboxylic acids is 1. The third-order valence-electron chi connectivity index (χ3n) is 3.72. The largest absolute Gasteiger partial charge is 0.486 e. The minimum atomic E-state index is -0.476. The van der Waals surface area contributed by atoms with Crippen molar-refractivity contribution in [2.75, 3.05) is 13.2 Å². The van der Waals surface area contributed by atoms with E-state index in [4.69, 9.17) is 18.6 Å². The zero-order valence-corrected chi connectivity index (χ0v) is 13.3. The summed E-state index contributed by atoms with van der Waals surface area (Å²) in [5, 5.41) is 0. The number of ether oxygens (including phenoxy) is 3. The monoisotopic (exact) mass is 337 g/mol. The molecule has 0 radical (unpaired) electrons. The Labute approximate surface area is 144 Å². The Bertz CT molecular complexity index is 888. The van der Waals surface area contributed by atoms with Crippen LogP contribution in [-0.2, 0) is 11.3 Å². The van der Waals surface area contributed by atoms with Crippen LogP contribution in [0.3, 0.4) is 0 Å². The van der Waals surface area contributed by atoms with Crippen molar-refractivity contribution >= 4 is 5.97 Å². The summed E-state index contributed by atoms with van der Waals surface area (Å²) < 4.78 is 21.8. The van der Waals surface area contributed by atoms with Gasteiger partial charge in [-0.15, -0.1) is 0 Å². The Morgan fingerprint density at radius 2 is 1.84 bits per heavy atom. The minimum absolute atomic E-state index is 0.0416. The molecule has 2 aromatic carbocycles. The van der Waals surface area contributed by atoms with Gasteiger partial charge in [-0.05, 0) is 18.2 Å². The van der Waals surface area contributed by atoms with Crippen molar-refractivity contribution in [3.8, 4) is 22.8 Å². The highest BCUT2D eigenvalue weighted by atomic mass is 16.6. The van der Waals surface area contributed by atoms with E-state index in [0.717, 1.165) is 5.56 Å². The number of oxazole rings is 1. The Hall–Kier alpha value is -3.28. The van der Waals surface area contributed by atoms with Gasteiger partial charge in [-0.3, -0.25) is 0 Å². The van der Waals surface area contributed by atoms with E-state index in [2.05, 4.69) is 4.98 Å². The first-order valence-electron chi connectivity index (χ1n) is 7.86. The maximum atomic E-state index is 12.2. The summed E-state index contributed by atoms with van der Waals surface area (Å²) in [7, 11) is 0. The lowest BCUT2D eigenvalue weighted by Crippen LogP contribution is -2.16. The fourth-order valence-electron chi connectivity index (χ4n) is 2.49. The number of hydrogen-bond donors (Lipinski definition) is 0. The van der Waals surface area contributed by atoms with Crippen LogP contribution in [0.25, 0.3) is 11.3 Å². The van der Waals surface area contributed by atoms with Crippen LogP contribution in [0, 0.1) is 0 Å². The zero-order valence-electron chi connectivity index (χ0n) is 13.3. The quantitative estimate of drug-likeness (QED) is 0.679. The van der Waals surface area contributed by atoms with Gasteiger partial charge in [0, 0.05) is 5.56 Å². The Kier molecular flexibility index (Phi) is 4.08. The van der Waals surface area contributed by atoms with Gasteiger partial charge >= 0.3 is 5.97 Å². The van der Waals surface area contributed by atoms with Crippen LogP contribution in [0.4, 0.5) is 0 Å². The van der Waals surface area contributed by atoms with Gasteiger partial charge in [0.1, 0.15) is 13.2 Å². The zero-order chi connectivity index (χ0) is 17.1. The third kappa shape index (κ3) is 3.33. The topological polar surface area (TPSA) is 70.8 Å². The maximum Gasteiger partial charge on any atom is 0.338 e. The average Bonchev–Trinajstić information content (AvgIpc) is 3.15. The molecule has 6 nitrogen and oxygen atoms in total. The molecular weight excluding hydrogens is 322 g/mol. The third-order valence-corrected chi connectivity index (χ3v) is 3.72. The lowest BCUT2D eigenvalue weighted by Gasteiger charge is -2.18. The summed E-state index contributed by atoms with van der Waals surface area (Å²) in [4.78, 5) is 16.3. The molecule has 0 amide bonds. The van der Waals surface area contributed by atoms with E-state index in [1.54, 1.807) is 24.4 Å². The van der Waals surface area contributed by atoms with Crippen LogP contribution in [0.15, 0.2) is 59.1 Å². The standard InChI is InChI=1S/C19H15NO5/c21-19(14-6-7-15-16(10-14)23-9-8-22-15)24-12-18-20-11-17(25-18)13-4-2-1-3-5-13/h1-7,10-11H,8-9,12H2. The summed E-state index contributed by atoms with van der Waals surface area (Å²) in [6.45, 7) is 0.925. The molecule has 0 unspecified atom stereocenters. The van der Waals surface area contributed by atoms with Crippen molar-refractivity contribution in [1.29, 1.82) is 0 Å². The molecule has 3 aromatic rings. The van der Waals surface area contributed by atoms with Crippen LogP contribution in [0.2, 0.25) is 0 Å². The smallest absolute Gasteiger partial charge is 0.338 e. The lowest BCUT2D eigenvalue weighted by molar-refractivity contribution is 0.0438.